The fourth-order valence-corrected chi connectivity index (χ4v) is 2.62. The zero-order valence-electron chi connectivity index (χ0n) is 10.5. The van der Waals surface area contributed by atoms with Gasteiger partial charge >= 0.3 is 0 Å². The van der Waals surface area contributed by atoms with Crippen LogP contribution in [0.2, 0.25) is 0 Å². The molecule has 5 nitrogen and oxygen atoms in total. The molecule has 0 bridgehead atoms. The number of ketones is 1. The van der Waals surface area contributed by atoms with E-state index < -0.39 is 9.84 Å². The number of carbonyl (C=O) groups is 1. The van der Waals surface area contributed by atoms with Gasteiger partial charge in [-0.15, -0.1) is 0 Å². The Balaban J connectivity index is 2.30. The predicted octanol–water partition coefficient (Wildman–Crippen LogP) is 0.101. The van der Waals surface area contributed by atoms with E-state index in [1.165, 1.54) is 0 Å². The van der Waals surface area contributed by atoms with E-state index in [-0.39, 0.29) is 29.8 Å². The topological polar surface area (TPSA) is 63.7 Å². The van der Waals surface area contributed by atoms with Crippen LogP contribution in [-0.4, -0.2) is 63.5 Å². The zero-order chi connectivity index (χ0) is 12.9. The number of ether oxygens (including phenoxy) is 1. The van der Waals surface area contributed by atoms with Crippen molar-refractivity contribution in [3.05, 3.63) is 0 Å². The highest BCUT2D eigenvalue weighted by Gasteiger charge is 2.24. The Morgan fingerprint density at radius 1 is 1.47 bits per heavy atom. The van der Waals surface area contributed by atoms with Crippen molar-refractivity contribution in [2.75, 3.05) is 38.2 Å². The summed E-state index contributed by atoms with van der Waals surface area (Å²) >= 11 is 0. The summed E-state index contributed by atoms with van der Waals surface area (Å²) in [5, 5.41) is 0. The standard InChI is InChI=1S/C11H21NO4S/c1-3-17(14,15)8-4-5-10(13)11-9-12(2)6-7-16-11/h11H,3-9H2,1-2H3. The zero-order valence-corrected chi connectivity index (χ0v) is 11.3. The van der Waals surface area contributed by atoms with Gasteiger partial charge in [-0.3, -0.25) is 4.79 Å². The fourth-order valence-electron chi connectivity index (χ4n) is 1.74. The number of likely N-dealkylation sites (N-methyl/N-ethyl adjacent to an activating group) is 1. The van der Waals surface area contributed by atoms with Gasteiger partial charge in [-0.1, -0.05) is 6.92 Å². The molecule has 1 aliphatic heterocycles. The first-order valence-electron chi connectivity index (χ1n) is 5.98. The van der Waals surface area contributed by atoms with E-state index in [9.17, 15) is 13.2 Å². The fraction of sp³-hybridized carbons (Fsp3) is 0.909. The molecular weight excluding hydrogens is 242 g/mol. The summed E-state index contributed by atoms with van der Waals surface area (Å²) in [7, 11) is -1.01. The van der Waals surface area contributed by atoms with Gasteiger partial charge in [0.1, 0.15) is 15.9 Å². The van der Waals surface area contributed by atoms with Gasteiger partial charge in [-0.05, 0) is 13.5 Å². The normalized spacial score (nSPS) is 22.6. The third-order valence-electron chi connectivity index (χ3n) is 2.95. The molecule has 1 rings (SSSR count). The van der Waals surface area contributed by atoms with Crippen molar-refractivity contribution < 1.29 is 17.9 Å². The molecule has 1 atom stereocenters. The summed E-state index contributed by atoms with van der Waals surface area (Å²) in [4.78, 5) is 13.8. The smallest absolute Gasteiger partial charge is 0.162 e. The number of Topliss-reactive ketones (excluding diaryl/α,β-unsaturated/α-hetero) is 1. The summed E-state index contributed by atoms with van der Waals surface area (Å²) in [5.41, 5.74) is 0. The van der Waals surface area contributed by atoms with Crippen molar-refractivity contribution in [1.29, 1.82) is 0 Å². The molecule has 0 amide bonds. The van der Waals surface area contributed by atoms with Crippen molar-refractivity contribution in [3.8, 4) is 0 Å². The molecule has 1 unspecified atom stereocenters. The van der Waals surface area contributed by atoms with Gasteiger partial charge in [0.25, 0.3) is 0 Å². The summed E-state index contributed by atoms with van der Waals surface area (Å²) < 4.78 is 27.9. The number of morpholine rings is 1. The van der Waals surface area contributed by atoms with E-state index in [4.69, 9.17) is 4.74 Å². The molecule has 0 spiro atoms. The lowest BCUT2D eigenvalue weighted by molar-refractivity contribution is -0.135. The molecular formula is C11H21NO4S. The second kappa shape index (κ2) is 6.47. The molecule has 0 saturated carbocycles. The largest absolute Gasteiger partial charge is 0.368 e. The Morgan fingerprint density at radius 2 is 2.18 bits per heavy atom. The average Bonchev–Trinajstić information content (AvgIpc) is 2.28. The molecule has 1 fully saturated rings. The second-order valence-electron chi connectivity index (χ2n) is 4.43. The molecule has 1 aliphatic rings. The Hall–Kier alpha value is -0.460. The minimum absolute atomic E-state index is 0.0165. The number of hydrogen-bond donors (Lipinski definition) is 0. The molecule has 1 heterocycles. The van der Waals surface area contributed by atoms with Gasteiger partial charge in [0.15, 0.2) is 5.78 Å². The summed E-state index contributed by atoms with van der Waals surface area (Å²) in [6.45, 7) is 3.64. The van der Waals surface area contributed by atoms with Gasteiger partial charge < -0.3 is 9.64 Å². The van der Waals surface area contributed by atoms with Crippen LogP contribution in [0.15, 0.2) is 0 Å². The lowest BCUT2D eigenvalue weighted by Crippen LogP contribution is -2.44. The lowest BCUT2D eigenvalue weighted by atomic mass is 10.1. The second-order valence-corrected chi connectivity index (χ2v) is 6.90. The highest BCUT2D eigenvalue weighted by molar-refractivity contribution is 7.91. The Kier molecular flexibility index (Phi) is 5.55. The van der Waals surface area contributed by atoms with E-state index >= 15 is 0 Å². The third kappa shape index (κ3) is 5.14. The van der Waals surface area contributed by atoms with Gasteiger partial charge in [0, 0.05) is 25.3 Å². The van der Waals surface area contributed by atoms with Crippen LogP contribution in [0.4, 0.5) is 0 Å². The van der Waals surface area contributed by atoms with E-state index in [1.54, 1.807) is 6.92 Å². The molecule has 100 valence electrons. The molecule has 17 heavy (non-hydrogen) atoms. The van der Waals surface area contributed by atoms with E-state index in [0.29, 0.717) is 19.6 Å². The molecule has 0 N–H and O–H groups in total. The highest BCUT2D eigenvalue weighted by Crippen LogP contribution is 2.08. The monoisotopic (exact) mass is 263 g/mol. The number of nitrogens with zero attached hydrogens (tertiary/aromatic N) is 1. The first kappa shape index (κ1) is 14.6. The van der Waals surface area contributed by atoms with Crippen LogP contribution in [0, 0.1) is 0 Å². The van der Waals surface area contributed by atoms with Crippen LogP contribution in [0.25, 0.3) is 0 Å². The van der Waals surface area contributed by atoms with Crippen LogP contribution in [-0.2, 0) is 19.4 Å². The van der Waals surface area contributed by atoms with Crippen LogP contribution >= 0.6 is 0 Å². The van der Waals surface area contributed by atoms with Crippen LogP contribution in [0.1, 0.15) is 19.8 Å². The maximum Gasteiger partial charge on any atom is 0.162 e. The Morgan fingerprint density at radius 3 is 2.76 bits per heavy atom. The predicted molar refractivity (Wildman–Crippen MR) is 65.8 cm³/mol. The molecule has 0 aromatic carbocycles. The SMILES string of the molecule is CCS(=O)(=O)CCCC(=O)C1CN(C)CCO1. The van der Waals surface area contributed by atoms with Crippen molar-refractivity contribution in [1.82, 2.24) is 4.90 Å². The summed E-state index contributed by atoms with van der Waals surface area (Å²) in [6, 6.07) is 0. The van der Waals surface area contributed by atoms with E-state index in [1.807, 2.05) is 7.05 Å². The molecule has 0 aromatic heterocycles. The Bertz CT molecular complexity index is 352. The molecule has 1 saturated heterocycles. The van der Waals surface area contributed by atoms with Gasteiger partial charge in [-0.25, -0.2) is 8.42 Å². The van der Waals surface area contributed by atoms with Gasteiger partial charge in [0.05, 0.1) is 12.4 Å². The number of hydrogen-bond acceptors (Lipinski definition) is 5. The van der Waals surface area contributed by atoms with E-state index in [2.05, 4.69) is 4.90 Å². The number of sulfone groups is 1. The van der Waals surface area contributed by atoms with E-state index in [0.717, 1.165) is 6.54 Å². The van der Waals surface area contributed by atoms with Crippen molar-refractivity contribution in [2.24, 2.45) is 0 Å². The number of rotatable bonds is 6. The van der Waals surface area contributed by atoms with Gasteiger partial charge in [0.2, 0.25) is 0 Å². The molecule has 0 aromatic rings. The van der Waals surface area contributed by atoms with Crippen LogP contribution in [0.5, 0.6) is 0 Å². The minimum Gasteiger partial charge on any atom is -0.368 e. The van der Waals surface area contributed by atoms with Crippen molar-refractivity contribution in [3.63, 3.8) is 0 Å². The van der Waals surface area contributed by atoms with Crippen LogP contribution in [0.3, 0.4) is 0 Å². The summed E-state index contributed by atoms with van der Waals surface area (Å²) in [5.74, 6) is 0.254. The third-order valence-corrected chi connectivity index (χ3v) is 4.74. The quantitative estimate of drug-likeness (QED) is 0.680. The maximum absolute atomic E-state index is 11.8. The Labute approximate surface area is 103 Å². The molecule has 0 radical (unpaired) electrons. The van der Waals surface area contributed by atoms with Crippen molar-refractivity contribution in [2.45, 2.75) is 25.9 Å². The van der Waals surface area contributed by atoms with Crippen LogP contribution < -0.4 is 0 Å². The number of carbonyl (C=O) groups excluding carboxylic acids is 1. The maximum atomic E-state index is 11.8. The average molecular weight is 263 g/mol. The van der Waals surface area contributed by atoms with Gasteiger partial charge in [-0.2, -0.15) is 0 Å². The highest BCUT2D eigenvalue weighted by atomic mass is 32.2. The molecule has 6 heteroatoms. The first-order valence-corrected chi connectivity index (χ1v) is 7.80. The van der Waals surface area contributed by atoms with Crippen molar-refractivity contribution >= 4 is 15.6 Å². The summed E-state index contributed by atoms with van der Waals surface area (Å²) in [6.07, 6.45) is 0.314. The minimum atomic E-state index is -2.96. The molecule has 0 aliphatic carbocycles. The first-order chi connectivity index (χ1) is 7.94. The lowest BCUT2D eigenvalue weighted by Gasteiger charge is -2.29.